The fourth-order valence-electron chi connectivity index (χ4n) is 6.78. The fraction of sp³-hybridized carbons (Fsp3) is 0.952. The van der Waals surface area contributed by atoms with Crippen LogP contribution in [-0.4, -0.2) is 89.0 Å². The Kier molecular flexibility index (Phi) is 32.1. The van der Waals surface area contributed by atoms with E-state index in [-0.39, 0.29) is 32.0 Å². The molecule has 1 heterocycles. The second-order valence-electron chi connectivity index (χ2n) is 15.2. The minimum Gasteiger partial charge on any atom is -0.462 e. The largest absolute Gasteiger partial charge is 0.462 e. The Morgan fingerprint density at radius 2 is 0.904 bits per heavy atom. The zero-order valence-electron chi connectivity index (χ0n) is 33.3. The number of carbonyl (C=O) groups is 2. The standard InChI is InChI=1S/C42H80O10/c1-3-5-7-9-10-11-12-13-14-15-16-17-18-19-20-21-22-23-24-25-26-27-29-31-38(45)51-35(33-49-37(44)30-28-8-6-4-2)34-50-42-41(48)40(47)39(46)36(32-43)52-42/h35-36,39-43,46-48H,3-34H2,1-2H3. The van der Waals surface area contributed by atoms with Gasteiger partial charge in [-0.15, -0.1) is 0 Å². The third-order valence-electron chi connectivity index (χ3n) is 10.2. The molecule has 0 aromatic heterocycles. The van der Waals surface area contributed by atoms with E-state index in [2.05, 4.69) is 13.8 Å². The molecule has 0 aliphatic carbocycles. The number of ether oxygens (including phenoxy) is 4. The summed E-state index contributed by atoms with van der Waals surface area (Å²) in [6.45, 7) is 3.31. The Bertz CT molecular complexity index is 825. The number of unbranched alkanes of at least 4 members (excludes halogenated alkanes) is 25. The number of hydrogen-bond donors (Lipinski definition) is 4. The Morgan fingerprint density at radius 1 is 0.519 bits per heavy atom. The van der Waals surface area contributed by atoms with Gasteiger partial charge in [0, 0.05) is 12.8 Å². The summed E-state index contributed by atoms with van der Waals surface area (Å²) < 4.78 is 21.9. The quantitative estimate of drug-likeness (QED) is 0.0363. The number of hydrogen-bond acceptors (Lipinski definition) is 10. The molecule has 6 unspecified atom stereocenters. The number of carbonyl (C=O) groups excluding carboxylic acids is 2. The summed E-state index contributed by atoms with van der Waals surface area (Å²) in [5, 5.41) is 39.8. The summed E-state index contributed by atoms with van der Waals surface area (Å²) >= 11 is 0. The first kappa shape index (κ1) is 48.7. The molecular formula is C42H80O10. The molecule has 4 N–H and O–H groups in total. The van der Waals surface area contributed by atoms with E-state index in [4.69, 9.17) is 18.9 Å². The van der Waals surface area contributed by atoms with Crippen molar-refractivity contribution in [3.63, 3.8) is 0 Å². The highest BCUT2D eigenvalue weighted by Gasteiger charge is 2.44. The monoisotopic (exact) mass is 745 g/mol. The van der Waals surface area contributed by atoms with Crippen LogP contribution in [0.3, 0.4) is 0 Å². The summed E-state index contributed by atoms with van der Waals surface area (Å²) in [7, 11) is 0. The lowest BCUT2D eigenvalue weighted by Crippen LogP contribution is -2.59. The van der Waals surface area contributed by atoms with E-state index < -0.39 is 49.4 Å². The van der Waals surface area contributed by atoms with Crippen LogP contribution < -0.4 is 0 Å². The van der Waals surface area contributed by atoms with Gasteiger partial charge >= 0.3 is 11.9 Å². The Morgan fingerprint density at radius 3 is 1.33 bits per heavy atom. The van der Waals surface area contributed by atoms with E-state index in [1.807, 2.05) is 0 Å². The second-order valence-corrected chi connectivity index (χ2v) is 15.2. The van der Waals surface area contributed by atoms with Crippen LogP contribution in [0.5, 0.6) is 0 Å². The molecule has 1 aliphatic rings. The molecule has 1 rings (SSSR count). The van der Waals surface area contributed by atoms with Crippen LogP contribution in [0.4, 0.5) is 0 Å². The van der Waals surface area contributed by atoms with Crippen molar-refractivity contribution in [1.29, 1.82) is 0 Å². The molecule has 0 aromatic rings. The molecule has 0 spiro atoms. The lowest BCUT2D eigenvalue weighted by molar-refractivity contribution is -0.305. The lowest BCUT2D eigenvalue weighted by Gasteiger charge is -2.39. The van der Waals surface area contributed by atoms with Gasteiger partial charge in [0.25, 0.3) is 0 Å². The molecular weight excluding hydrogens is 664 g/mol. The predicted octanol–water partition coefficient (Wildman–Crippen LogP) is 8.61. The van der Waals surface area contributed by atoms with Crippen LogP contribution in [0.15, 0.2) is 0 Å². The van der Waals surface area contributed by atoms with E-state index in [1.54, 1.807) is 0 Å². The maximum absolute atomic E-state index is 12.7. The Labute approximate surface area is 317 Å². The molecule has 0 aromatic carbocycles. The van der Waals surface area contributed by atoms with Gasteiger partial charge in [-0.05, 0) is 12.8 Å². The first-order valence-corrected chi connectivity index (χ1v) is 21.6. The third-order valence-corrected chi connectivity index (χ3v) is 10.2. The molecule has 1 aliphatic heterocycles. The van der Waals surface area contributed by atoms with Crippen molar-refractivity contribution < 1.29 is 49.0 Å². The van der Waals surface area contributed by atoms with Crippen LogP contribution >= 0.6 is 0 Å². The Hall–Kier alpha value is -1.30. The van der Waals surface area contributed by atoms with Crippen molar-refractivity contribution in [1.82, 2.24) is 0 Å². The smallest absolute Gasteiger partial charge is 0.306 e. The van der Waals surface area contributed by atoms with Gasteiger partial charge in [0.1, 0.15) is 31.0 Å². The summed E-state index contributed by atoms with van der Waals surface area (Å²) in [4.78, 5) is 24.9. The van der Waals surface area contributed by atoms with Crippen LogP contribution in [0.2, 0.25) is 0 Å². The third kappa shape index (κ3) is 25.7. The maximum atomic E-state index is 12.7. The van der Waals surface area contributed by atoms with Gasteiger partial charge in [-0.3, -0.25) is 9.59 Å². The fourth-order valence-corrected chi connectivity index (χ4v) is 6.78. The molecule has 0 saturated carbocycles. The lowest BCUT2D eigenvalue weighted by atomic mass is 9.99. The van der Waals surface area contributed by atoms with Gasteiger partial charge in [-0.2, -0.15) is 0 Å². The zero-order chi connectivity index (χ0) is 38.1. The second kappa shape index (κ2) is 34.2. The topological polar surface area (TPSA) is 152 Å². The molecule has 0 radical (unpaired) electrons. The van der Waals surface area contributed by atoms with Gasteiger partial charge in [0.15, 0.2) is 12.4 Å². The normalized spacial score (nSPS) is 20.9. The molecule has 1 saturated heterocycles. The van der Waals surface area contributed by atoms with Crippen molar-refractivity contribution in [2.24, 2.45) is 0 Å². The van der Waals surface area contributed by atoms with E-state index in [0.29, 0.717) is 6.42 Å². The highest BCUT2D eigenvalue weighted by atomic mass is 16.7. The van der Waals surface area contributed by atoms with Gasteiger partial charge in [-0.1, -0.05) is 174 Å². The van der Waals surface area contributed by atoms with Crippen LogP contribution in [-0.2, 0) is 28.5 Å². The van der Waals surface area contributed by atoms with Crippen LogP contribution in [0, 0.1) is 0 Å². The van der Waals surface area contributed by atoms with Crippen molar-refractivity contribution in [3.8, 4) is 0 Å². The van der Waals surface area contributed by atoms with E-state index in [1.165, 1.54) is 122 Å². The van der Waals surface area contributed by atoms with E-state index >= 15 is 0 Å². The average Bonchev–Trinajstić information content (AvgIpc) is 3.14. The minimum atomic E-state index is -1.59. The van der Waals surface area contributed by atoms with Gasteiger partial charge in [0.2, 0.25) is 0 Å². The van der Waals surface area contributed by atoms with Crippen molar-refractivity contribution in [3.05, 3.63) is 0 Å². The molecule has 1 fully saturated rings. The zero-order valence-corrected chi connectivity index (χ0v) is 33.3. The SMILES string of the molecule is CCCCCCCCCCCCCCCCCCCCCCCCCC(=O)OC(COC(=O)CCCCCC)COC1OC(CO)C(O)C(O)C1O. The highest BCUT2D eigenvalue weighted by molar-refractivity contribution is 5.70. The van der Waals surface area contributed by atoms with E-state index in [9.17, 15) is 30.0 Å². The minimum absolute atomic E-state index is 0.213. The summed E-state index contributed by atoms with van der Waals surface area (Å²) in [6, 6.07) is 0. The summed E-state index contributed by atoms with van der Waals surface area (Å²) in [5.74, 6) is -0.815. The first-order valence-electron chi connectivity index (χ1n) is 21.6. The van der Waals surface area contributed by atoms with Gasteiger partial charge in [0.05, 0.1) is 13.2 Å². The molecule has 10 nitrogen and oxygen atoms in total. The molecule has 6 atom stereocenters. The van der Waals surface area contributed by atoms with Gasteiger partial charge < -0.3 is 39.4 Å². The molecule has 308 valence electrons. The number of aliphatic hydroxyl groups is 4. The first-order chi connectivity index (χ1) is 25.3. The number of rotatable bonds is 36. The average molecular weight is 745 g/mol. The molecule has 0 amide bonds. The van der Waals surface area contributed by atoms with Gasteiger partial charge in [-0.25, -0.2) is 0 Å². The molecule has 0 bridgehead atoms. The highest BCUT2D eigenvalue weighted by Crippen LogP contribution is 2.23. The number of esters is 2. The Balaban J connectivity index is 2.14. The number of aliphatic hydroxyl groups excluding tert-OH is 4. The van der Waals surface area contributed by atoms with Crippen molar-refractivity contribution in [2.45, 2.75) is 237 Å². The van der Waals surface area contributed by atoms with Crippen LogP contribution in [0.1, 0.15) is 200 Å². The predicted molar refractivity (Wildman–Crippen MR) is 206 cm³/mol. The summed E-state index contributed by atoms with van der Waals surface area (Å²) in [6.07, 6.45) is 26.2. The van der Waals surface area contributed by atoms with Crippen molar-refractivity contribution >= 4 is 11.9 Å². The van der Waals surface area contributed by atoms with Crippen LogP contribution in [0.25, 0.3) is 0 Å². The maximum Gasteiger partial charge on any atom is 0.306 e. The summed E-state index contributed by atoms with van der Waals surface area (Å²) in [5.41, 5.74) is 0. The van der Waals surface area contributed by atoms with Crippen molar-refractivity contribution in [2.75, 3.05) is 19.8 Å². The molecule has 10 heteroatoms. The van der Waals surface area contributed by atoms with E-state index in [0.717, 1.165) is 44.9 Å². The molecule has 52 heavy (non-hydrogen) atoms.